The third-order valence-electron chi connectivity index (χ3n) is 7.27. The SMILES string of the molecule is COC[C@H](C)NC1CCC(Cc2cc(-c3cnc(Cl)c(NCC4CCOCC4)c3)c(F)cn2)CC1. The Morgan fingerprint density at radius 1 is 1.09 bits per heavy atom. The van der Waals surface area contributed by atoms with E-state index in [1.165, 1.54) is 6.20 Å². The van der Waals surface area contributed by atoms with Gasteiger partial charge in [0, 0.05) is 62.0 Å². The van der Waals surface area contributed by atoms with Gasteiger partial charge in [0.15, 0.2) is 5.15 Å². The van der Waals surface area contributed by atoms with E-state index in [1.807, 2.05) is 12.1 Å². The normalized spacial score (nSPS) is 22.2. The van der Waals surface area contributed by atoms with Crippen molar-refractivity contribution in [3.63, 3.8) is 0 Å². The third-order valence-corrected chi connectivity index (χ3v) is 7.57. The van der Waals surface area contributed by atoms with E-state index in [2.05, 4.69) is 27.5 Å². The lowest BCUT2D eigenvalue weighted by Gasteiger charge is -2.31. The lowest BCUT2D eigenvalue weighted by Crippen LogP contribution is -2.41. The molecule has 8 heteroatoms. The van der Waals surface area contributed by atoms with Crippen LogP contribution in [0.3, 0.4) is 0 Å². The molecule has 0 bridgehead atoms. The van der Waals surface area contributed by atoms with E-state index in [9.17, 15) is 4.39 Å². The van der Waals surface area contributed by atoms with E-state index in [0.717, 1.165) is 82.7 Å². The molecule has 4 rings (SSSR count). The lowest BCUT2D eigenvalue weighted by molar-refractivity contribution is 0.0699. The zero-order chi connectivity index (χ0) is 24.6. The average Bonchev–Trinajstić information content (AvgIpc) is 2.87. The van der Waals surface area contributed by atoms with E-state index in [4.69, 9.17) is 21.1 Å². The van der Waals surface area contributed by atoms with Crippen LogP contribution in [0.4, 0.5) is 10.1 Å². The minimum atomic E-state index is -0.340. The van der Waals surface area contributed by atoms with Crippen LogP contribution in [0.2, 0.25) is 5.15 Å². The molecule has 2 fully saturated rings. The van der Waals surface area contributed by atoms with Gasteiger partial charge in [-0.15, -0.1) is 0 Å². The van der Waals surface area contributed by atoms with Crippen molar-refractivity contribution in [1.82, 2.24) is 15.3 Å². The lowest BCUT2D eigenvalue weighted by atomic mass is 9.83. The molecule has 192 valence electrons. The number of pyridine rings is 2. The summed E-state index contributed by atoms with van der Waals surface area (Å²) in [6, 6.07) is 4.69. The highest BCUT2D eigenvalue weighted by molar-refractivity contribution is 6.32. The summed E-state index contributed by atoms with van der Waals surface area (Å²) in [7, 11) is 1.74. The molecule has 2 aromatic heterocycles. The molecule has 1 saturated heterocycles. The number of nitrogens with zero attached hydrogens (tertiary/aromatic N) is 2. The molecule has 0 radical (unpaired) electrons. The Labute approximate surface area is 213 Å². The van der Waals surface area contributed by atoms with Gasteiger partial charge in [0.25, 0.3) is 0 Å². The van der Waals surface area contributed by atoms with Crippen molar-refractivity contribution >= 4 is 17.3 Å². The van der Waals surface area contributed by atoms with Crippen molar-refractivity contribution in [2.45, 2.75) is 64.0 Å². The van der Waals surface area contributed by atoms with Crippen LogP contribution in [0.25, 0.3) is 11.1 Å². The molecular formula is C27H38ClFN4O2. The van der Waals surface area contributed by atoms with Crippen molar-refractivity contribution in [2.24, 2.45) is 11.8 Å². The molecule has 6 nitrogen and oxygen atoms in total. The van der Waals surface area contributed by atoms with Crippen molar-refractivity contribution in [3.05, 3.63) is 41.2 Å². The summed E-state index contributed by atoms with van der Waals surface area (Å²) < 4.78 is 25.5. The van der Waals surface area contributed by atoms with Crippen LogP contribution < -0.4 is 10.6 Å². The van der Waals surface area contributed by atoms with Gasteiger partial charge in [-0.05, 0) is 75.8 Å². The summed E-state index contributed by atoms with van der Waals surface area (Å²) in [4.78, 5) is 8.73. The molecule has 0 aromatic carbocycles. The molecule has 2 aromatic rings. The maximum atomic E-state index is 14.8. The highest BCUT2D eigenvalue weighted by Crippen LogP contribution is 2.31. The summed E-state index contributed by atoms with van der Waals surface area (Å²) in [6.45, 7) is 5.30. The van der Waals surface area contributed by atoms with Crippen LogP contribution in [-0.4, -0.2) is 55.5 Å². The van der Waals surface area contributed by atoms with E-state index in [-0.39, 0.29) is 5.82 Å². The van der Waals surface area contributed by atoms with Crippen LogP contribution >= 0.6 is 11.6 Å². The molecular weight excluding hydrogens is 467 g/mol. The first-order chi connectivity index (χ1) is 17.0. The molecule has 1 aliphatic carbocycles. The number of halogens is 2. The van der Waals surface area contributed by atoms with Crippen molar-refractivity contribution < 1.29 is 13.9 Å². The maximum Gasteiger partial charge on any atom is 0.152 e. The number of hydrogen-bond acceptors (Lipinski definition) is 6. The molecule has 1 saturated carbocycles. The second kappa shape index (κ2) is 12.9. The van der Waals surface area contributed by atoms with Gasteiger partial charge in [-0.25, -0.2) is 9.37 Å². The third kappa shape index (κ3) is 7.59. The number of aromatic nitrogens is 2. The van der Waals surface area contributed by atoms with E-state index >= 15 is 0 Å². The zero-order valence-electron chi connectivity index (χ0n) is 20.9. The summed E-state index contributed by atoms with van der Waals surface area (Å²) in [6.07, 6.45) is 10.5. The first kappa shape index (κ1) is 26.3. The Kier molecular flexibility index (Phi) is 9.72. The molecule has 35 heavy (non-hydrogen) atoms. The predicted octanol–water partition coefficient (Wildman–Crippen LogP) is 5.50. The van der Waals surface area contributed by atoms with Crippen molar-refractivity contribution in [3.8, 4) is 11.1 Å². The largest absolute Gasteiger partial charge is 0.383 e. The number of ether oxygens (including phenoxy) is 2. The smallest absolute Gasteiger partial charge is 0.152 e. The molecule has 3 heterocycles. The Hall–Kier alpha value is -1.80. The molecule has 0 amide bonds. The summed E-state index contributed by atoms with van der Waals surface area (Å²) in [5.41, 5.74) is 2.90. The number of hydrogen-bond donors (Lipinski definition) is 2. The molecule has 0 unspecified atom stereocenters. The van der Waals surface area contributed by atoms with Crippen LogP contribution in [0.5, 0.6) is 0 Å². The van der Waals surface area contributed by atoms with E-state index < -0.39 is 0 Å². The summed E-state index contributed by atoms with van der Waals surface area (Å²) in [5.74, 6) is 0.770. The Morgan fingerprint density at radius 2 is 1.86 bits per heavy atom. The fourth-order valence-electron chi connectivity index (χ4n) is 5.27. The van der Waals surface area contributed by atoms with Gasteiger partial charge >= 0.3 is 0 Å². The van der Waals surface area contributed by atoms with Crippen LogP contribution in [0.15, 0.2) is 24.5 Å². The molecule has 0 spiro atoms. The maximum absolute atomic E-state index is 14.8. The average molecular weight is 505 g/mol. The summed E-state index contributed by atoms with van der Waals surface area (Å²) >= 11 is 6.35. The van der Waals surface area contributed by atoms with Crippen LogP contribution in [0.1, 0.15) is 51.1 Å². The predicted molar refractivity (Wildman–Crippen MR) is 138 cm³/mol. The number of anilines is 1. The second-order valence-electron chi connectivity index (χ2n) is 10.1. The van der Waals surface area contributed by atoms with E-state index in [0.29, 0.717) is 40.2 Å². The van der Waals surface area contributed by atoms with Crippen molar-refractivity contribution in [1.29, 1.82) is 0 Å². The van der Waals surface area contributed by atoms with Gasteiger partial charge in [0.1, 0.15) is 5.82 Å². The standard InChI is InChI=1S/C27H38ClFN4O2/c1-18(17-34-2)33-22-5-3-19(4-6-22)11-23-13-24(25(29)16-30-23)21-12-26(27(28)32-15-21)31-14-20-7-9-35-10-8-20/h12-13,15-16,18-20,22,31,33H,3-11,14,17H2,1-2H3/t18-,19?,22?/m0/s1. The molecule has 1 aliphatic heterocycles. The topological polar surface area (TPSA) is 68.3 Å². The highest BCUT2D eigenvalue weighted by Gasteiger charge is 2.23. The van der Waals surface area contributed by atoms with Crippen LogP contribution in [0, 0.1) is 17.7 Å². The zero-order valence-corrected chi connectivity index (χ0v) is 21.6. The Balaban J connectivity index is 1.37. The van der Waals surface area contributed by atoms with Gasteiger partial charge in [-0.2, -0.15) is 0 Å². The quantitative estimate of drug-likeness (QED) is 0.416. The van der Waals surface area contributed by atoms with Gasteiger partial charge in [0.2, 0.25) is 0 Å². The van der Waals surface area contributed by atoms with Gasteiger partial charge < -0.3 is 20.1 Å². The van der Waals surface area contributed by atoms with Crippen LogP contribution in [-0.2, 0) is 15.9 Å². The van der Waals surface area contributed by atoms with Gasteiger partial charge in [-0.1, -0.05) is 11.6 Å². The van der Waals surface area contributed by atoms with Crippen molar-refractivity contribution in [2.75, 3.05) is 38.8 Å². The Morgan fingerprint density at radius 3 is 2.60 bits per heavy atom. The first-order valence-electron chi connectivity index (χ1n) is 12.9. The molecule has 1 atom stereocenters. The number of nitrogens with one attached hydrogen (secondary N) is 2. The number of methoxy groups -OCH3 is 1. The number of rotatable bonds is 10. The Bertz CT molecular complexity index is 949. The monoisotopic (exact) mass is 504 g/mol. The minimum Gasteiger partial charge on any atom is -0.383 e. The van der Waals surface area contributed by atoms with Gasteiger partial charge in [-0.3, -0.25) is 4.98 Å². The molecule has 2 N–H and O–H groups in total. The first-order valence-corrected chi connectivity index (χ1v) is 13.3. The van der Waals surface area contributed by atoms with E-state index in [1.54, 1.807) is 13.3 Å². The fraction of sp³-hybridized carbons (Fsp3) is 0.630. The summed E-state index contributed by atoms with van der Waals surface area (Å²) in [5, 5.41) is 7.48. The van der Waals surface area contributed by atoms with Gasteiger partial charge in [0.05, 0.1) is 18.5 Å². The fourth-order valence-corrected chi connectivity index (χ4v) is 5.44. The minimum absolute atomic E-state index is 0.340. The second-order valence-corrected chi connectivity index (χ2v) is 10.5. The highest BCUT2D eigenvalue weighted by atomic mass is 35.5. The molecule has 2 aliphatic rings.